The lowest BCUT2D eigenvalue weighted by Crippen LogP contribution is -2.42. The highest BCUT2D eigenvalue weighted by molar-refractivity contribution is 7.86. The van der Waals surface area contributed by atoms with Gasteiger partial charge in [0, 0.05) is 32.0 Å². The standard InChI is InChI=1S/C17H22N6O2S/c24-26(25,22-11-3-4-12-22)23-13-5-6-15(23)14-8-10-19-17(20-14)21-16-7-1-2-9-18-16/h1-2,7-10,15H,3-6,11-13H2,(H,18,19,20,21)/t15-/m0/s1. The summed E-state index contributed by atoms with van der Waals surface area (Å²) in [4.78, 5) is 13.0. The first-order valence-corrected chi connectivity index (χ1v) is 10.3. The summed E-state index contributed by atoms with van der Waals surface area (Å²) in [5, 5.41) is 3.06. The molecule has 2 aromatic rings. The maximum atomic E-state index is 13.0. The molecule has 0 aromatic carbocycles. The molecule has 0 bridgehead atoms. The highest BCUT2D eigenvalue weighted by Crippen LogP contribution is 2.35. The van der Waals surface area contributed by atoms with E-state index in [1.165, 1.54) is 0 Å². The molecular formula is C17H22N6O2S. The van der Waals surface area contributed by atoms with Crippen LogP contribution in [-0.4, -0.2) is 51.6 Å². The van der Waals surface area contributed by atoms with Gasteiger partial charge < -0.3 is 5.32 Å². The number of pyridine rings is 1. The molecule has 2 fully saturated rings. The second-order valence-corrected chi connectivity index (χ2v) is 8.41. The molecule has 0 unspecified atom stereocenters. The van der Waals surface area contributed by atoms with E-state index >= 15 is 0 Å². The minimum atomic E-state index is -3.43. The molecule has 0 spiro atoms. The monoisotopic (exact) mass is 374 g/mol. The van der Waals surface area contributed by atoms with Gasteiger partial charge in [-0.05, 0) is 43.9 Å². The van der Waals surface area contributed by atoms with E-state index in [9.17, 15) is 8.42 Å². The molecule has 0 radical (unpaired) electrons. The zero-order valence-electron chi connectivity index (χ0n) is 14.5. The Hall–Kier alpha value is -2.10. The van der Waals surface area contributed by atoms with Gasteiger partial charge in [0.15, 0.2) is 0 Å². The van der Waals surface area contributed by atoms with Gasteiger partial charge in [-0.15, -0.1) is 0 Å². The van der Waals surface area contributed by atoms with Crippen molar-refractivity contribution in [3.05, 3.63) is 42.4 Å². The number of aromatic nitrogens is 3. The Labute approximate surface area is 153 Å². The molecule has 0 aliphatic carbocycles. The van der Waals surface area contributed by atoms with Gasteiger partial charge in [-0.1, -0.05) is 6.07 Å². The number of nitrogens with zero attached hydrogens (tertiary/aromatic N) is 5. The summed E-state index contributed by atoms with van der Waals surface area (Å²) in [6.07, 6.45) is 6.82. The van der Waals surface area contributed by atoms with E-state index in [0.717, 1.165) is 31.4 Å². The van der Waals surface area contributed by atoms with E-state index in [0.29, 0.717) is 31.4 Å². The summed E-state index contributed by atoms with van der Waals surface area (Å²) in [6.45, 7) is 1.76. The minimum Gasteiger partial charge on any atom is -0.309 e. The van der Waals surface area contributed by atoms with Crippen molar-refractivity contribution >= 4 is 22.0 Å². The fraction of sp³-hybridized carbons (Fsp3) is 0.471. The molecule has 2 saturated heterocycles. The number of nitrogens with one attached hydrogen (secondary N) is 1. The molecule has 1 atom stereocenters. The van der Waals surface area contributed by atoms with E-state index in [4.69, 9.17) is 0 Å². The molecule has 4 rings (SSSR count). The average molecular weight is 374 g/mol. The predicted octanol–water partition coefficient (Wildman–Crippen LogP) is 2.09. The first kappa shape index (κ1) is 17.3. The summed E-state index contributed by atoms with van der Waals surface area (Å²) < 4.78 is 29.2. The molecule has 2 aliphatic rings. The third-order valence-corrected chi connectivity index (χ3v) is 6.86. The van der Waals surface area contributed by atoms with Crippen LogP contribution >= 0.6 is 0 Å². The van der Waals surface area contributed by atoms with E-state index in [-0.39, 0.29) is 6.04 Å². The number of anilines is 2. The maximum Gasteiger partial charge on any atom is 0.282 e. The van der Waals surface area contributed by atoms with Crippen molar-refractivity contribution in [2.45, 2.75) is 31.7 Å². The van der Waals surface area contributed by atoms with Crippen LogP contribution in [0.3, 0.4) is 0 Å². The largest absolute Gasteiger partial charge is 0.309 e. The Morgan fingerprint density at radius 2 is 1.85 bits per heavy atom. The van der Waals surface area contributed by atoms with Gasteiger partial charge >= 0.3 is 0 Å². The van der Waals surface area contributed by atoms with Crippen LogP contribution in [0.15, 0.2) is 36.7 Å². The molecule has 1 N–H and O–H groups in total. The number of hydrogen-bond donors (Lipinski definition) is 1. The van der Waals surface area contributed by atoms with Gasteiger partial charge in [0.05, 0.1) is 11.7 Å². The Kier molecular flexibility index (Phi) is 4.84. The van der Waals surface area contributed by atoms with Crippen molar-refractivity contribution in [3.8, 4) is 0 Å². The SMILES string of the molecule is O=S(=O)(N1CCCC1)N1CCC[C@H]1c1ccnc(Nc2ccccn2)n1. The zero-order chi connectivity index (χ0) is 18.0. The van der Waals surface area contributed by atoms with Gasteiger partial charge in [0.2, 0.25) is 5.95 Å². The summed E-state index contributed by atoms with van der Waals surface area (Å²) in [5.74, 6) is 1.07. The predicted molar refractivity (Wildman–Crippen MR) is 98.0 cm³/mol. The molecule has 26 heavy (non-hydrogen) atoms. The third-order valence-electron chi connectivity index (χ3n) is 4.81. The highest BCUT2D eigenvalue weighted by atomic mass is 32.2. The van der Waals surface area contributed by atoms with Gasteiger partial charge in [-0.25, -0.2) is 15.0 Å². The maximum absolute atomic E-state index is 13.0. The Balaban J connectivity index is 1.57. The van der Waals surface area contributed by atoms with Crippen molar-refractivity contribution in [3.63, 3.8) is 0 Å². The molecule has 138 valence electrons. The van der Waals surface area contributed by atoms with Crippen LogP contribution in [0.5, 0.6) is 0 Å². The fourth-order valence-electron chi connectivity index (χ4n) is 3.55. The lowest BCUT2D eigenvalue weighted by atomic mass is 10.1. The third kappa shape index (κ3) is 3.42. The van der Waals surface area contributed by atoms with Crippen molar-refractivity contribution in [1.29, 1.82) is 0 Å². The summed E-state index contributed by atoms with van der Waals surface area (Å²) >= 11 is 0. The molecule has 2 aromatic heterocycles. The van der Waals surface area contributed by atoms with Gasteiger partial charge in [-0.2, -0.15) is 17.0 Å². The molecule has 2 aliphatic heterocycles. The van der Waals surface area contributed by atoms with Crippen LogP contribution in [0, 0.1) is 0 Å². The van der Waals surface area contributed by atoms with E-state index in [2.05, 4.69) is 20.3 Å². The van der Waals surface area contributed by atoms with E-state index < -0.39 is 10.2 Å². The van der Waals surface area contributed by atoms with Crippen LogP contribution in [-0.2, 0) is 10.2 Å². The Bertz CT molecular complexity index is 855. The first-order chi connectivity index (χ1) is 12.6. The summed E-state index contributed by atoms with van der Waals surface area (Å²) in [7, 11) is -3.43. The number of hydrogen-bond acceptors (Lipinski definition) is 6. The van der Waals surface area contributed by atoms with Crippen molar-refractivity contribution in [2.75, 3.05) is 25.0 Å². The summed E-state index contributed by atoms with van der Waals surface area (Å²) in [6, 6.07) is 7.10. The van der Waals surface area contributed by atoms with Crippen molar-refractivity contribution < 1.29 is 8.42 Å². The molecular weight excluding hydrogens is 352 g/mol. The lowest BCUT2D eigenvalue weighted by molar-refractivity contribution is 0.345. The van der Waals surface area contributed by atoms with Crippen LogP contribution < -0.4 is 5.32 Å². The summed E-state index contributed by atoms with van der Waals surface area (Å²) in [5.41, 5.74) is 0.721. The average Bonchev–Trinajstić information content (AvgIpc) is 3.35. The Morgan fingerprint density at radius 1 is 1.00 bits per heavy atom. The van der Waals surface area contributed by atoms with Crippen LogP contribution in [0.4, 0.5) is 11.8 Å². The van der Waals surface area contributed by atoms with Crippen molar-refractivity contribution in [2.24, 2.45) is 0 Å². The Morgan fingerprint density at radius 3 is 2.62 bits per heavy atom. The van der Waals surface area contributed by atoms with E-state index in [1.54, 1.807) is 27.1 Å². The molecule has 8 nitrogen and oxygen atoms in total. The molecule has 9 heteroatoms. The smallest absolute Gasteiger partial charge is 0.282 e. The van der Waals surface area contributed by atoms with E-state index in [1.807, 2.05) is 18.2 Å². The van der Waals surface area contributed by atoms with Crippen LogP contribution in [0.1, 0.15) is 37.4 Å². The molecule has 4 heterocycles. The number of rotatable bonds is 5. The van der Waals surface area contributed by atoms with Gasteiger partial charge in [0.1, 0.15) is 5.82 Å². The van der Waals surface area contributed by atoms with Crippen molar-refractivity contribution in [1.82, 2.24) is 23.6 Å². The topological polar surface area (TPSA) is 91.3 Å². The van der Waals surface area contributed by atoms with Crippen LogP contribution in [0.25, 0.3) is 0 Å². The normalized spacial score (nSPS) is 21.9. The zero-order valence-corrected chi connectivity index (χ0v) is 15.3. The van der Waals surface area contributed by atoms with Gasteiger partial charge in [0.25, 0.3) is 10.2 Å². The van der Waals surface area contributed by atoms with Crippen LogP contribution in [0.2, 0.25) is 0 Å². The molecule has 0 saturated carbocycles. The quantitative estimate of drug-likeness (QED) is 0.862. The minimum absolute atomic E-state index is 0.243. The fourth-order valence-corrected chi connectivity index (χ4v) is 5.46. The lowest BCUT2D eigenvalue weighted by Gasteiger charge is -2.28. The second-order valence-electron chi connectivity index (χ2n) is 6.53. The molecule has 0 amide bonds. The second kappa shape index (κ2) is 7.26. The highest BCUT2D eigenvalue weighted by Gasteiger charge is 2.40. The van der Waals surface area contributed by atoms with Gasteiger partial charge in [-0.3, -0.25) is 0 Å². The first-order valence-electron chi connectivity index (χ1n) is 8.92.